The van der Waals surface area contributed by atoms with Gasteiger partial charge in [0.2, 0.25) is 15.9 Å². The molecule has 28 heavy (non-hydrogen) atoms. The van der Waals surface area contributed by atoms with Gasteiger partial charge in [-0.15, -0.1) is 0 Å². The van der Waals surface area contributed by atoms with Crippen molar-refractivity contribution in [3.8, 4) is 0 Å². The average molecular weight is 411 g/mol. The molecule has 0 unspecified atom stereocenters. The number of carbonyl (C=O) groups excluding carboxylic acids is 1. The van der Waals surface area contributed by atoms with Crippen LogP contribution in [0.3, 0.4) is 0 Å². The lowest BCUT2D eigenvalue weighted by Crippen LogP contribution is -2.49. The van der Waals surface area contributed by atoms with Crippen molar-refractivity contribution in [3.05, 3.63) is 18.3 Å². The molecule has 0 aliphatic carbocycles. The first-order valence-electron chi connectivity index (χ1n) is 9.94. The Balaban J connectivity index is 1.57. The second-order valence-electron chi connectivity index (χ2n) is 7.67. The molecule has 0 radical (unpaired) electrons. The summed E-state index contributed by atoms with van der Waals surface area (Å²) in [6.07, 6.45) is 2.95. The van der Waals surface area contributed by atoms with Crippen LogP contribution < -0.4 is 4.90 Å². The molecule has 3 heterocycles. The lowest BCUT2D eigenvalue weighted by atomic mass is 10.1. The highest BCUT2D eigenvalue weighted by atomic mass is 32.2. The van der Waals surface area contributed by atoms with Crippen molar-refractivity contribution >= 4 is 21.7 Å². The zero-order chi connectivity index (χ0) is 20.1. The molecule has 0 atom stereocenters. The second kappa shape index (κ2) is 9.19. The minimum atomic E-state index is -3.52. The van der Waals surface area contributed by atoms with Crippen molar-refractivity contribution in [2.45, 2.75) is 31.6 Å². The number of nitrogens with zero attached hydrogens (tertiary/aromatic N) is 4. The van der Waals surface area contributed by atoms with Crippen LogP contribution in [0.5, 0.6) is 0 Å². The van der Waals surface area contributed by atoms with Crippen molar-refractivity contribution in [1.29, 1.82) is 0 Å². The maximum atomic E-state index is 12.7. The molecule has 2 saturated heterocycles. The van der Waals surface area contributed by atoms with Gasteiger partial charge in [0.15, 0.2) is 0 Å². The van der Waals surface area contributed by atoms with E-state index < -0.39 is 10.0 Å². The van der Waals surface area contributed by atoms with Gasteiger partial charge in [0.25, 0.3) is 0 Å². The van der Waals surface area contributed by atoms with E-state index in [1.54, 1.807) is 12.1 Å². The fourth-order valence-corrected chi connectivity index (χ4v) is 4.76. The molecular formula is C19H30N4O4S. The summed E-state index contributed by atoms with van der Waals surface area (Å²) in [6, 6.07) is 3.37. The summed E-state index contributed by atoms with van der Waals surface area (Å²) >= 11 is 0. The summed E-state index contributed by atoms with van der Waals surface area (Å²) in [5.74, 6) is 1.49. The van der Waals surface area contributed by atoms with Crippen molar-refractivity contribution in [2.75, 3.05) is 57.4 Å². The zero-order valence-corrected chi connectivity index (χ0v) is 17.5. The third kappa shape index (κ3) is 5.01. The largest absolute Gasteiger partial charge is 0.379 e. The Bertz CT molecular complexity index is 753. The first-order chi connectivity index (χ1) is 13.4. The molecule has 2 aliphatic heterocycles. The van der Waals surface area contributed by atoms with Crippen molar-refractivity contribution in [2.24, 2.45) is 5.92 Å². The molecule has 0 saturated carbocycles. The van der Waals surface area contributed by atoms with Gasteiger partial charge in [0.05, 0.1) is 13.2 Å². The number of hydrogen-bond acceptors (Lipinski definition) is 6. The van der Waals surface area contributed by atoms with Crippen molar-refractivity contribution < 1.29 is 17.9 Å². The van der Waals surface area contributed by atoms with E-state index in [0.717, 1.165) is 12.2 Å². The van der Waals surface area contributed by atoms with E-state index in [1.165, 1.54) is 10.5 Å². The third-order valence-corrected chi connectivity index (χ3v) is 7.10. The second-order valence-corrected chi connectivity index (χ2v) is 9.61. The SMILES string of the molecule is CC(C)CCC(=O)N1CCN(c2ccc(S(=O)(=O)N3CCOCC3)cn2)CC1. The molecular weight excluding hydrogens is 380 g/mol. The normalized spacial score (nSPS) is 19.2. The highest BCUT2D eigenvalue weighted by Crippen LogP contribution is 2.20. The maximum absolute atomic E-state index is 12.7. The molecule has 1 amide bonds. The Kier molecular flexibility index (Phi) is 6.90. The highest BCUT2D eigenvalue weighted by molar-refractivity contribution is 7.89. The molecule has 0 N–H and O–H groups in total. The van der Waals surface area contributed by atoms with Gasteiger partial charge < -0.3 is 14.5 Å². The molecule has 0 aromatic carbocycles. The number of morpholine rings is 1. The summed E-state index contributed by atoms with van der Waals surface area (Å²) in [5.41, 5.74) is 0. The van der Waals surface area contributed by atoms with Crippen LogP contribution in [0.4, 0.5) is 5.82 Å². The van der Waals surface area contributed by atoms with Gasteiger partial charge in [-0.3, -0.25) is 4.79 Å². The van der Waals surface area contributed by atoms with Crippen LogP contribution in [0.1, 0.15) is 26.7 Å². The van der Waals surface area contributed by atoms with Crippen molar-refractivity contribution in [1.82, 2.24) is 14.2 Å². The Morgan fingerprint density at radius 2 is 1.79 bits per heavy atom. The number of hydrogen-bond donors (Lipinski definition) is 0. The quantitative estimate of drug-likeness (QED) is 0.701. The number of aromatic nitrogens is 1. The van der Waals surface area contributed by atoms with Gasteiger partial charge in [-0.05, 0) is 24.5 Å². The molecule has 8 nitrogen and oxygen atoms in total. The number of piperazine rings is 1. The molecule has 0 bridgehead atoms. The topological polar surface area (TPSA) is 83.1 Å². The molecule has 1 aromatic heterocycles. The number of ether oxygens (including phenoxy) is 1. The first-order valence-corrected chi connectivity index (χ1v) is 11.4. The maximum Gasteiger partial charge on any atom is 0.244 e. The summed E-state index contributed by atoms with van der Waals surface area (Å²) in [6.45, 7) is 8.59. The summed E-state index contributed by atoms with van der Waals surface area (Å²) in [7, 11) is -3.52. The molecule has 3 rings (SSSR count). The Morgan fingerprint density at radius 1 is 1.11 bits per heavy atom. The first kappa shape index (κ1) is 21.0. The van der Waals surface area contributed by atoms with Crippen LogP contribution in [0.2, 0.25) is 0 Å². The number of amides is 1. The number of carbonyl (C=O) groups is 1. The average Bonchev–Trinajstić information content (AvgIpc) is 2.73. The fourth-order valence-electron chi connectivity index (χ4n) is 3.40. The smallest absolute Gasteiger partial charge is 0.244 e. The van der Waals surface area contributed by atoms with Gasteiger partial charge in [0.1, 0.15) is 10.7 Å². The monoisotopic (exact) mass is 410 g/mol. The predicted octanol–water partition coefficient (Wildman–Crippen LogP) is 1.19. The third-order valence-electron chi connectivity index (χ3n) is 5.22. The van der Waals surface area contributed by atoms with E-state index in [0.29, 0.717) is 64.8 Å². The number of pyridine rings is 1. The zero-order valence-electron chi connectivity index (χ0n) is 16.7. The Labute approximate surface area is 167 Å². The minimum Gasteiger partial charge on any atom is -0.379 e. The molecule has 1 aromatic rings. The number of sulfonamides is 1. The van der Waals surface area contributed by atoms with Gasteiger partial charge in [0, 0.05) is 51.9 Å². The van der Waals surface area contributed by atoms with Gasteiger partial charge in [-0.1, -0.05) is 13.8 Å². The van der Waals surface area contributed by atoms with E-state index >= 15 is 0 Å². The van der Waals surface area contributed by atoms with Crippen LogP contribution in [0.25, 0.3) is 0 Å². The summed E-state index contributed by atoms with van der Waals surface area (Å²) in [5, 5.41) is 0. The minimum absolute atomic E-state index is 0.209. The van der Waals surface area contributed by atoms with Crippen LogP contribution in [0, 0.1) is 5.92 Å². The van der Waals surface area contributed by atoms with Crippen molar-refractivity contribution in [3.63, 3.8) is 0 Å². The lowest BCUT2D eigenvalue weighted by Gasteiger charge is -2.35. The number of rotatable bonds is 6. The van der Waals surface area contributed by atoms with E-state index in [4.69, 9.17) is 4.74 Å². The lowest BCUT2D eigenvalue weighted by molar-refractivity contribution is -0.131. The molecule has 9 heteroatoms. The van der Waals surface area contributed by atoms with Crippen LogP contribution in [-0.2, 0) is 19.6 Å². The standard InChI is InChI=1S/C19H30N4O4S/c1-16(2)3-6-19(24)22-9-7-21(8-10-22)18-5-4-17(15-20-18)28(25,26)23-11-13-27-14-12-23/h4-5,15-16H,3,6-14H2,1-2H3. The van der Waals surface area contributed by atoms with E-state index in [9.17, 15) is 13.2 Å². The van der Waals surface area contributed by atoms with Gasteiger partial charge in [-0.2, -0.15) is 4.31 Å². The summed E-state index contributed by atoms with van der Waals surface area (Å²) < 4.78 is 32.0. The predicted molar refractivity (Wildman–Crippen MR) is 107 cm³/mol. The molecule has 2 fully saturated rings. The van der Waals surface area contributed by atoms with Crippen LogP contribution in [0.15, 0.2) is 23.2 Å². The number of anilines is 1. The van der Waals surface area contributed by atoms with E-state index in [1.807, 2.05) is 4.90 Å². The Hall–Kier alpha value is -1.71. The van der Waals surface area contributed by atoms with Gasteiger partial charge in [-0.25, -0.2) is 13.4 Å². The van der Waals surface area contributed by atoms with Gasteiger partial charge >= 0.3 is 0 Å². The van der Waals surface area contributed by atoms with Crippen LogP contribution in [-0.4, -0.2) is 81.0 Å². The summed E-state index contributed by atoms with van der Waals surface area (Å²) in [4.78, 5) is 20.9. The fraction of sp³-hybridized carbons (Fsp3) is 0.684. The molecule has 156 valence electrons. The van der Waals surface area contributed by atoms with E-state index in [2.05, 4.69) is 23.7 Å². The Morgan fingerprint density at radius 3 is 2.36 bits per heavy atom. The van der Waals surface area contributed by atoms with Crippen LogP contribution >= 0.6 is 0 Å². The van der Waals surface area contributed by atoms with E-state index in [-0.39, 0.29) is 10.8 Å². The molecule has 0 spiro atoms. The molecule has 2 aliphatic rings. The highest BCUT2D eigenvalue weighted by Gasteiger charge is 2.27.